The van der Waals surface area contributed by atoms with E-state index >= 15 is 0 Å². The number of carbonyl (C=O) groups is 4. The molecule has 81 heavy (non-hydrogen) atoms. The molecule has 0 bridgehead atoms. The van der Waals surface area contributed by atoms with Gasteiger partial charge in [0.05, 0.1) is 56.6 Å². The second-order valence-corrected chi connectivity index (χ2v) is 21.2. The number of ether oxygens (including phenoxy) is 3. The molecule has 3 atom stereocenters. The number of unbranched alkanes of at least 4 members (excludes halogenated alkanes) is 14. The van der Waals surface area contributed by atoms with Crippen molar-refractivity contribution in [3.8, 4) is 12.3 Å². The maximum absolute atomic E-state index is 13.3. The molecule has 3 aromatic rings. The highest BCUT2D eigenvalue weighted by molar-refractivity contribution is 5.80. The van der Waals surface area contributed by atoms with Gasteiger partial charge in [-0.1, -0.05) is 93.4 Å². The van der Waals surface area contributed by atoms with Gasteiger partial charge < -0.3 is 60.0 Å². The van der Waals surface area contributed by atoms with Gasteiger partial charge in [0.2, 0.25) is 41.5 Å². The first kappa shape index (κ1) is 65.7. The van der Waals surface area contributed by atoms with Crippen LogP contribution in [0.4, 0.5) is 17.8 Å². The van der Waals surface area contributed by atoms with E-state index in [9.17, 15) is 29.4 Å². The van der Waals surface area contributed by atoms with Crippen molar-refractivity contribution in [3.63, 3.8) is 0 Å². The number of terminal acetylenes is 1. The Balaban J connectivity index is 0.948. The van der Waals surface area contributed by atoms with Crippen molar-refractivity contribution >= 4 is 41.5 Å². The van der Waals surface area contributed by atoms with Crippen LogP contribution in [-0.2, 0) is 46.4 Å². The highest BCUT2D eigenvalue weighted by Crippen LogP contribution is 2.22. The van der Waals surface area contributed by atoms with E-state index in [0.717, 1.165) is 103 Å². The van der Waals surface area contributed by atoms with Crippen molar-refractivity contribution in [3.05, 3.63) is 23.8 Å². The number of aryl methyl sites for hydroxylation is 1. The molecule has 5 rings (SSSR count). The monoisotopic (exact) mass is 1130 g/mol. The summed E-state index contributed by atoms with van der Waals surface area (Å²) in [7, 11) is 0. The van der Waals surface area contributed by atoms with Gasteiger partial charge in [-0.2, -0.15) is 15.0 Å². The number of anilines is 3. The number of piperazine rings is 2. The van der Waals surface area contributed by atoms with Gasteiger partial charge in [0.15, 0.2) is 6.04 Å². The zero-order valence-corrected chi connectivity index (χ0v) is 48.7. The van der Waals surface area contributed by atoms with Gasteiger partial charge in [0, 0.05) is 104 Å². The van der Waals surface area contributed by atoms with Crippen LogP contribution in [0.25, 0.3) is 0 Å². The largest absolute Gasteiger partial charge is 0.393 e. The summed E-state index contributed by atoms with van der Waals surface area (Å²) in [5.41, 5.74) is 1.35. The first-order valence-electron chi connectivity index (χ1n) is 29.8. The molecule has 2 fully saturated rings. The number of hydrogen-bond acceptors (Lipinski definition) is 19. The molecule has 25 heteroatoms. The summed E-state index contributed by atoms with van der Waals surface area (Å²) >= 11 is 0. The lowest BCUT2D eigenvalue weighted by molar-refractivity contribution is -0.132. The van der Waals surface area contributed by atoms with Crippen molar-refractivity contribution in [2.45, 2.75) is 168 Å². The van der Waals surface area contributed by atoms with Gasteiger partial charge in [-0.25, -0.2) is 9.36 Å². The lowest BCUT2D eigenvalue weighted by Gasteiger charge is -2.36. The van der Waals surface area contributed by atoms with Crippen LogP contribution in [0, 0.1) is 19.3 Å². The van der Waals surface area contributed by atoms with E-state index in [0.29, 0.717) is 154 Å². The number of nitrogens with one attached hydrogen (secondary N) is 3. The van der Waals surface area contributed by atoms with Gasteiger partial charge in [0.25, 0.3) is 0 Å². The Morgan fingerprint density at radius 2 is 1.12 bits per heavy atom. The molecular formula is C56H94N16O9. The van der Waals surface area contributed by atoms with E-state index < -0.39 is 18.2 Å². The van der Waals surface area contributed by atoms with Crippen molar-refractivity contribution in [1.82, 2.24) is 65.4 Å². The first-order valence-corrected chi connectivity index (χ1v) is 29.8. The predicted octanol–water partition coefficient (Wildman–Crippen LogP) is 3.25. The molecule has 0 aromatic carbocycles. The summed E-state index contributed by atoms with van der Waals surface area (Å²) < 4.78 is 19.4. The van der Waals surface area contributed by atoms with Gasteiger partial charge in [-0.05, 0) is 46.5 Å². The van der Waals surface area contributed by atoms with Gasteiger partial charge in [0.1, 0.15) is 13.2 Å². The lowest BCUT2D eigenvalue weighted by atomic mass is 10.1. The number of rotatable bonds is 42. The summed E-state index contributed by atoms with van der Waals surface area (Å²) in [5, 5.41) is 44.7. The van der Waals surface area contributed by atoms with Gasteiger partial charge in [-0.15, -0.1) is 16.6 Å². The fourth-order valence-electron chi connectivity index (χ4n) is 9.69. The standard InChI is InChI=1S/C56H94N16O9/c1-5-35-79-37-39-81-40-38-80-36-26-59-54-60-55(69-31-27-67(28-32-69)50(76)22-18-14-10-6-8-12-16-20-24-57-49(75)44-71-43-48(64-65-71)41-46(3)73)62-56(61-54)70-33-29-68(30-34-70)51(77)23-19-15-11-7-9-13-17-21-25-58-53(78)52(47(4)74)72-42-45(2)63-66-72/h1,42-43,46-47,52,73-74H,6-41,44H2,2-4H3,(H,57,75)(H,58,78)(H,59,60,61,62)/t46-,47+,52-/m1/s1. The molecule has 0 unspecified atom stereocenters. The van der Waals surface area contributed by atoms with Crippen LogP contribution in [0.1, 0.15) is 147 Å². The zero-order chi connectivity index (χ0) is 57.9. The SMILES string of the molecule is C#CCOCCOCCOCCNc1nc(N2CCN(C(=O)CCCCCCCCCCNC(=O)Cn3cc(C[C@@H](C)O)nn3)CC2)nc(N2CCN(C(=O)CCCCCCCCCCNC(=O)[C@@H]([C@H](C)O)n3cc(C)nn3)CC2)n1. The Morgan fingerprint density at radius 1 is 0.617 bits per heavy atom. The summed E-state index contributed by atoms with van der Waals surface area (Å²) in [6.45, 7) is 14.0. The van der Waals surface area contributed by atoms with Crippen LogP contribution < -0.4 is 25.8 Å². The molecule has 0 spiro atoms. The Bertz CT molecular complexity index is 2290. The molecule has 4 amide bonds. The minimum absolute atomic E-state index is 0.100. The average Bonchev–Trinajstić information content (AvgIpc) is 4.09. The van der Waals surface area contributed by atoms with Crippen molar-refractivity contribution in [1.29, 1.82) is 0 Å². The van der Waals surface area contributed by atoms with E-state index in [4.69, 9.17) is 35.6 Å². The van der Waals surface area contributed by atoms with Crippen molar-refractivity contribution < 1.29 is 43.6 Å². The smallest absolute Gasteiger partial charge is 0.247 e. The highest BCUT2D eigenvalue weighted by Gasteiger charge is 2.28. The quantitative estimate of drug-likeness (QED) is 0.0402. The van der Waals surface area contributed by atoms with Crippen LogP contribution in [0.5, 0.6) is 0 Å². The van der Waals surface area contributed by atoms with Crippen molar-refractivity contribution in [2.75, 3.05) is 127 Å². The molecule has 0 saturated carbocycles. The van der Waals surface area contributed by atoms with Gasteiger partial charge >= 0.3 is 0 Å². The minimum atomic E-state index is -0.889. The van der Waals surface area contributed by atoms with Crippen molar-refractivity contribution in [2.24, 2.45) is 0 Å². The molecule has 3 aromatic heterocycles. The number of aliphatic hydroxyl groups excluding tert-OH is 2. The summed E-state index contributed by atoms with van der Waals surface area (Å²) in [4.78, 5) is 74.3. The second kappa shape index (κ2) is 38.6. The molecule has 2 aliphatic heterocycles. The lowest BCUT2D eigenvalue weighted by Crippen LogP contribution is -2.50. The number of nitrogens with zero attached hydrogens (tertiary/aromatic N) is 13. The molecule has 2 aliphatic rings. The van der Waals surface area contributed by atoms with E-state index in [1.54, 1.807) is 33.2 Å². The molecule has 25 nitrogen and oxygen atoms in total. The molecule has 5 heterocycles. The van der Waals surface area contributed by atoms with E-state index in [-0.39, 0.29) is 36.8 Å². The maximum atomic E-state index is 13.3. The van der Waals surface area contributed by atoms with E-state index in [1.165, 1.54) is 9.36 Å². The molecule has 2 saturated heterocycles. The van der Waals surface area contributed by atoms with Gasteiger partial charge in [-0.3, -0.25) is 19.2 Å². The molecule has 0 aliphatic carbocycles. The van der Waals surface area contributed by atoms with Crippen LogP contribution >= 0.6 is 0 Å². The number of amides is 4. The third-order valence-electron chi connectivity index (χ3n) is 14.2. The predicted molar refractivity (Wildman–Crippen MR) is 307 cm³/mol. The topological polar surface area (TPSA) is 286 Å². The third kappa shape index (κ3) is 26.2. The summed E-state index contributed by atoms with van der Waals surface area (Å²) in [5.74, 6) is 3.97. The molecule has 0 radical (unpaired) electrons. The van der Waals surface area contributed by atoms with Crippen LogP contribution in [-0.4, -0.2) is 212 Å². The minimum Gasteiger partial charge on any atom is -0.393 e. The normalized spacial score (nSPS) is 14.9. The Kier molecular flexibility index (Phi) is 31.3. The number of carbonyl (C=O) groups excluding carboxylic acids is 4. The Morgan fingerprint density at radius 3 is 1.63 bits per heavy atom. The second-order valence-electron chi connectivity index (χ2n) is 21.2. The van der Waals surface area contributed by atoms with Crippen LogP contribution in [0.15, 0.2) is 12.4 Å². The molecular weight excluding hydrogens is 1040 g/mol. The average molecular weight is 1140 g/mol. The highest BCUT2D eigenvalue weighted by atomic mass is 16.5. The van der Waals surface area contributed by atoms with Crippen LogP contribution in [0.3, 0.4) is 0 Å². The number of aliphatic hydroxyl groups is 2. The fraction of sp³-hybridized carbons (Fsp3) is 0.768. The van der Waals surface area contributed by atoms with Crippen LogP contribution in [0.2, 0.25) is 0 Å². The number of aromatic nitrogens is 9. The fourth-order valence-corrected chi connectivity index (χ4v) is 9.69. The van der Waals surface area contributed by atoms with E-state index in [1.807, 2.05) is 9.80 Å². The molecule has 5 N–H and O–H groups in total. The maximum Gasteiger partial charge on any atom is 0.247 e. The first-order chi connectivity index (χ1) is 39.4. The Hall–Kier alpha value is -6.07. The van der Waals surface area contributed by atoms with E-state index in [2.05, 4.69) is 52.3 Å². The summed E-state index contributed by atoms with van der Waals surface area (Å²) in [6, 6.07) is -0.803. The third-order valence-corrected chi connectivity index (χ3v) is 14.2. The Labute approximate surface area is 479 Å². The molecule has 452 valence electrons. The number of hydrogen-bond donors (Lipinski definition) is 5. The summed E-state index contributed by atoms with van der Waals surface area (Å²) in [6.07, 6.45) is 25.1. The zero-order valence-electron chi connectivity index (χ0n) is 48.7.